The lowest BCUT2D eigenvalue weighted by Gasteiger charge is -2.24. The number of hydrogen-bond acceptors (Lipinski definition) is 2. The van der Waals surface area contributed by atoms with Gasteiger partial charge in [-0.1, -0.05) is 12.8 Å². The monoisotopic (exact) mass is 199 g/mol. The van der Waals surface area contributed by atoms with E-state index in [0.717, 1.165) is 0 Å². The molecule has 0 heterocycles. The van der Waals surface area contributed by atoms with Crippen molar-refractivity contribution in [2.45, 2.75) is 58.1 Å². The third-order valence-electron chi connectivity index (χ3n) is 3.02. The first-order valence-corrected chi connectivity index (χ1v) is 5.44. The van der Waals surface area contributed by atoms with Crippen LogP contribution in [0.25, 0.3) is 0 Å². The third-order valence-corrected chi connectivity index (χ3v) is 3.02. The Hall–Kier alpha value is -0.570. The second-order valence-corrected chi connectivity index (χ2v) is 4.87. The Balaban J connectivity index is 2.39. The quantitative estimate of drug-likeness (QED) is 0.723. The van der Waals surface area contributed by atoms with Crippen molar-refractivity contribution in [1.29, 1.82) is 0 Å². The van der Waals surface area contributed by atoms with Gasteiger partial charge >= 0.3 is 0 Å². The second-order valence-electron chi connectivity index (χ2n) is 4.87. The number of carbonyl (C=O) groups excluding carboxylic acids is 1. The highest BCUT2D eigenvalue weighted by Crippen LogP contribution is 2.27. The number of carbonyl (C=O) groups is 1. The van der Waals surface area contributed by atoms with Gasteiger partial charge in [-0.25, -0.2) is 0 Å². The summed E-state index contributed by atoms with van der Waals surface area (Å²) in [6.07, 6.45) is 4.95. The lowest BCUT2D eigenvalue weighted by Crippen LogP contribution is -2.47. The molecule has 1 saturated carbocycles. The van der Waals surface area contributed by atoms with Crippen LogP contribution in [0.5, 0.6) is 0 Å². The lowest BCUT2D eigenvalue weighted by molar-refractivity contribution is -0.137. The number of hydrogen-bond donors (Lipinski definition) is 2. The van der Waals surface area contributed by atoms with Crippen molar-refractivity contribution in [3.63, 3.8) is 0 Å². The molecule has 1 fully saturated rings. The van der Waals surface area contributed by atoms with Crippen molar-refractivity contribution in [1.82, 2.24) is 5.32 Å². The molecule has 2 N–H and O–H groups in total. The maximum Gasteiger partial charge on any atom is 0.251 e. The molecular formula is C11H21NO2. The van der Waals surface area contributed by atoms with Crippen molar-refractivity contribution in [3.05, 3.63) is 0 Å². The van der Waals surface area contributed by atoms with Gasteiger partial charge in [0.15, 0.2) is 0 Å². The molecule has 0 aliphatic heterocycles. The summed E-state index contributed by atoms with van der Waals surface area (Å²) in [6, 6.07) is 0.191. The first-order chi connectivity index (χ1) is 6.41. The molecule has 0 aromatic carbocycles. The molecule has 1 unspecified atom stereocenters. The van der Waals surface area contributed by atoms with Gasteiger partial charge in [0, 0.05) is 6.04 Å². The highest BCUT2D eigenvalue weighted by Gasteiger charge is 2.28. The highest BCUT2D eigenvalue weighted by atomic mass is 16.3. The maximum atomic E-state index is 11.5. The van der Waals surface area contributed by atoms with Crippen molar-refractivity contribution in [2.24, 2.45) is 5.92 Å². The van der Waals surface area contributed by atoms with E-state index in [4.69, 9.17) is 0 Å². The predicted octanol–water partition coefficient (Wildman–Crippen LogP) is 1.45. The fourth-order valence-electron chi connectivity index (χ4n) is 1.96. The minimum atomic E-state index is -1.26. The van der Waals surface area contributed by atoms with Crippen LogP contribution in [-0.2, 0) is 4.79 Å². The molecule has 1 rings (SSSR count). The standard InChI is InChI=1S/C11H21NO2/c1-8(9-6-4-5-7-9)12-10(13)11(2,3)14/h8-9,14H,4-7H2,1-3H3,(H,12,13). The molecule has 0 radical (unpaired) electrons. The summed E-state index contributed by atoms with van der Waals surface area (Å²) < 4.78 is 0. The molecule has 0 aromatic heterocycles. The summed E-state index contributed by atoms with van der Waals surface area (Å²) in [4.78, 5) is 11.5. The first kappa shape index (κ1) is 11.5. The fraction of sp³-hybridized carbons (Fsp3) is 0.909. The van der Waals surface area contributed by atoms with Gasteiger partial charge in [0.1, 0.15) is 5.60 Å². The van der Waals surface area contributed by atoms with Gasteiger partial charge < -0.3 is 10.4 Å². The van der Waals surface area contributed by atoms with E-state index in [-0.39, 0.29) is 11.9 Å². The van der Waals surface area contributed by atoms with Crippen molar-refractivity contribution in [2.75, 3.05) is 0 Å². The molecule has 3 nitrogen and oxygen atoms in total. The van der Waals surface area contributed by atoms with Crippen LogP contribution < -0.4 is 5.32 Å². The molecule has 1 aliphatic rings. The van der Waals surface area contributed by atoms with E-state index in [1.54, 1.807) is 0 Å². The summed E-state index contributed by atoms with van der Waals surface area (Å²) in [5.41, 5.74) is -1.26. The van der Waals surface area contributed by atoms with Gasteiger partial charge in [-0.05, 0) is 39.5 Å². The van der Waals surface area contributed by atoms with Gasteiger partial charge in [0.2, 0.25) is 0 Å². The molecule has 3 heteroatoms. The van der Waals surface area contributed by atoms with E-state index in [0.29, 0.717) is 5.92 Å². The molecular weight excluding hydrogens is 178 g/mol. The zero-order valence-corrected chi connectivity index (χ0v) is 9.34. The Bertz CT molecular complexity index is 202. The van der Waals surface area contributed by atoms with Gasteiger partial charge in [0.05, 0.1) is 0 Å². The molecule has 1 aliphatic carbocycles. The normalized spacial score (nSPS) is 20.9. The lowest BCUT2D eigenvalue weighted by atomic mass is 9.98. The van der Waals surface area contributed by atoms with Crippen LogP contribution in [0.1, 0.15) is 46.5 Å². The zero-order valence-electron chi connectivity index (χ0n) is 9.34. The molecule has 14 heavy (non-hydrogen) atoms. The van der Waals surface area contributed by atoms with Crippen LogP contribution in [0.2, 0.25) is 0 Å². The number of rotatable bonds is 3. The fourth-order valence-corrected chi connectivity index (χ4v) is 1.96. The van der Waals surface area contributed by atoms with E-state index < -0.39 is 5.60 Å². The van der Waals surface area contributed by atoms with Gasteiger partial charge in [-0.15, -0.1) is 0 Å². The van der Waals surface area contributed by atoms with Crippen LogP contribution in [0.4, 0.5) is 0 Å². The van der Waals surface area contributed by atoms with Crippen LogP contribution in [0.15, 0.2) is 0 Å². The van der Waals surface area contributed by atoms with Crippen molar-refractivity contribution in [3.8, 4) is 0 Å². The molecule has 82 valence electrons. The second kappa shape index (κ2) is 4.30. The highest BCUT2D eigenvalue weighted by molar-refractivity contribution is 5.84. The topological polar surface area (TPSA) is 49.3 Å². The van der Waals surface area contributed by atoms with E-state index in [2.05, 4.69) is 5.32 Å². The Morgan fingerprint density at radius 1 is 1.43 bits per heavy atom. The summed E-state index contributed by atoms with van der Waals surface area (Å²) in [5, 5.41) is 12.3. The summed E-state index contributed by atoms with van der Waals surface area (Å²) in [6.45, 7) is 5.06. The molecule has 0 bridgehead atoms. The van der Waals surface area contributed by atoms with Gasteiger partial charge in [-0.3, -0.25) is 4.79 Å². The average molecular weight is 199 g/mol. The number of nitrogens with one attached hydrogen (secondary N) is 1. The minimum absolute atomic E-state index is 0.191. The summed E-state index contributed by atoms with van der Waals surface area (Å²) >= 11 is 0. The largest absolute Gasteiger partial charge is 0.381 e. The maximum absolute atomic E-state index is 11.5. The Labute approximate surface area is 85.9 Å². The van der Waals surface area contributed by atoms with E-state index in [1.165, 1.54) is 39.5 Å². The number of aliphatic hydroxyl groups is 1. The van der Waals surface area contributed by atoms with Crippen LogP contribution >= 0.6 is 0 Å². The predicted molar refractivity (Wildman–Crippen MR) is 55.9 cm³/mol. The minimum Gasteiger partial charge on any atom is -0.381 e. The Morgan fingerprint density at radius 2 is 1.93 bits per heavy atom. The summed E-state index contributed by atoms with van der Waals surface area (Å²) in [5.74, 6) is 0.332. The Morgan fingerprint density at radius 3 is 2.36 bits per heavy atom. The van der Waals surface area contributed by atoms with Gasteiger partial charge in [0.25, 0.3) is 5.91 Å². The third kappa shape index (κ3) is 2.98. The SMILES string of the molecule is CC(NC(=O)C(C)(C)O)C1CCCC1. The van der Waals surface area contributed by atoms with Crippen LogP contribution in [0, 0.1) is 5.92 Å². The van der Waals surface area contributed by atoms with Crippen molar-refractivity contribution >= 4 is 5.91 Å². The number of amides is 1. The van der Waals surface area contributed by atoms with Crippen molar-refractivity contribution < 1.29 is 9.90 Å². The van der Waals surface area contributed by atoms with E-state index in [9.17, 15) is 9.90 Å². The Kier molecular flexibility index (Phi) is 3.53. The molecule has 1 amide bonds. The molecule has 0 saturated heterocycles. The van der Waals surface area contributed by atoms with Crippen LogP contribution in [-0.4, -0.2) is 22.7 Å². The average Bonchev–Trinajstić information content (AvgIpc) is 2.53. The summed E-state index contributed by atoms with van der Waals surface area (Å²) in [7, 11) is 0. The molecule has 1 atom stereocenters. The molecule has 0 aromatic rings. The zero-order chi connectivity index (χ0) is 10.8. The van der Waals surface area contributed by atoms with E-state index in [1.807, 2.05) is 6.92 Å². The first-order valence-electron chi connectivity index (χ1n) is 5.44. The molecule has 0 spiro atoms. The smallest absolute Gasteiger partial charge is 0.251 e. The van der Waals surface area contributed by atoms with Crippen LogP contribution in [0.3, 0.4) is 0 Å². The van der Waals surface area contributed by atoms with E-state index >= 15 is 0 Å². The van der Waals surface area contributed by atoms with Gasteiger partial charge in [-0.2, -0.15) is 0 Å².